The number of amides is 1. The number of hydrogen-bond donors (Lipinski definition) is 1. The van der Waals surface area contributed by atoms with E-state index in [1.165, 1.54) is 0 Å². The Morgan fingerprint density at radius 2 is 1.86 bits per heavy atom. The Hall–Kier alpha value is -2.57. The number of carbonyl (C=O) groups is 1. The van der Waals surface area contributed by atoms with Crippen molar-refractivity contribution in [3.05, 3.63) is 59.7 Å². The van der Waals surface area contributed by atoms with Gasteiger partial charge in [-0.2, -0.15) is 0 Å². The van der Waals surface area contributed by atoms with Crippen LogP contribution in [0.1, 0.15) is 24.5 Å². The Kier molecular flexibility index (Phi) is 7.90. The van der Waals surface area contributed by atoms with Crippen LogP contribution in [0.2, 0.25) is 0 Å². The number of ether oxygens (including phenoxy) is 3. The van der Waals surface area contributed by atoms with Gasteiger partial charge in [0.2, 0.25) is 5.91 Å². The predicted octanol–water partition coefficient (Wildman–Crippen LogP) is 3.00. The van der Waals surface area contributed by atoms with E-state index < -0.39 is 0 Å². The lowest BCUT2D eigenvalue weighted by Crippen LogP contribution is -2.45. The minimum Gasteiger partial charge on any atom is -0.486 e. The Balaban J connectivity index is 1.52. The van der Waals surface area contributed by atoms with Crippen molar-refractivity contribution >= 4 is 5.91 Å². The second-order valence-corrected chi connectivity index (χ2v) is 7.21. The molecule has 1 atom stereocenters. The van der Waals surface area contributed by atoms with Gasteiger partial charge in [-0.15, -0.1) is 0 Å². The lowest BCUT2D eigenvalue weighted by molar-refractivity contribution is -0.122. The summed E-state index contributed by atoms with van der Waals surface area (Å²) in [5.74, 6) is 1.54. The molecule has 0 aliphatic carbocycles. The number of benzene rings is 2. The topological polar surface area (TPSA) is 60.0 Å². The molecule has 1 heterocycles. The molecule has 1 aliphatic rings. The zero-order valence-corrected chi connectivity index (χ0v) is 17.2. The van der Waals surface area contributed by atoms with Crippen molar-refractivity contribution in [2.75, 3.05) is 33.4 Å². The summed E-state index contributed by atoms with van der Waals surface area (Å²) in [4.78, 5) is 14.7. The largest absolute Gasteiger partial charge is 0.486 e. The molecule has 1 aliphatic heterocycles. The number of rotatable bonds is 10. The highest BCUT2D eigenvalue weighted by molar-refractivity contribution is 5.78. The second kappa shape index (κ2) is 10.8. The molecule has 0 saturated carbocycles. The number of fused-ring (bicyclic) bond motifs is 1. The first-order valence-electron chi connectivity index (χ1n) is 10.1. The first kappa shape index (κ1) is 21.1. The number of carbonyl (C=O) groups excluding carboxylic acids is 1. The lowest BCUT2D eigenvalue weighted by atomic mass is 10.1. The number of methoxy groups -OCH3 is 1. The van der Waals surface area contributed by atoms with Crippen molar-refractivity contribution in [2.45, 2.75) is 32.6 Å². The predicted molar refractivity (Wildman–Crippen MR) is 112 cm³/mol. The summed E-state index contributed by atoms with van der Waals surface area (Å²) in [6.45, 7) is 5.44. The second-order valence-electron chi connectivity index (χ2n) is 7.21. The zero-order valence-electron chi connectivity index (χ0n) is 17.2. The molecule has 0 saturated heterocycles. The molecule has 0 radical (unpaired) electrons. The van der Waals surface area contributed by atoms with Crippen LogP contribution in [0.4, 0.5) is 0 Å². The average Bonchev–Trinajstić information content (AvgIpc) is 2.73. The summed E-state index contributed by atoms with van der Waals surface area (Å²) in [5.41, 5.74) is 2.16. The monoisotopic (exact) mass is 398 g/mol. The summed E-state index contributed by atoms with van der Waals surface area (Å²) < 4.78 is 17.1. The van der Waals surface area contributed by atoms with Gasteiger partial charge in [0, 0.05) is 20.2 Å². The molecule has 3 rings (SSSR count). The molecule has 29 heavy (non-hydrogen) atoms. The third kappa shape index (κ3) is 6.21. The summed E-state index contributed by atoms with van der Waals surface area (Å²) in [6, 6.07) is 15.7. The van der Waals surface area contributed by atoms with Crippen LogP contribution in [0, 0.1) is 0 Å². The van der Waals surface area contributed by atoms with E-state index >= 15 is 0 Å². The van der Waals surface area contributed by atoms with E-state index in [0.29, 0.717) is 32.8 Å². The Morgan fingerprint density at radius 1 is 1.14 bits per heavy atom. The van der Waals surface area contributed by atoms with Crippen LogP contribution in [0.5, 0.6) is 11.5 Å². The summed E-state index contributed by atoms with van der Waals surface area (Å²) in [5, 5.41) is 3.03. The average molecular weight is 399 g/mol. The van der Waals surface area contributed by atoms with Gasteiger partial charge in [0.05, 0.1) is 13.2 Å². The van der Waals surface area contributed by atoms with E-state index in [0.717, 1.165) is 35.6 Å². The van der Waals surface area contributed by atoms with Crippen LogP contribution in [0.3, 0.4) is 0 Å². The van der Waals surface area contributed by atoms with Crippen molar-refractivity contribution in [2.24, 2.45) is 0 Å². The van der Waals surface area contributed by atoms with E-state index in [9.17, 15) is 4.79 Å². The fourth-order valence-electron chi connectivity index (χ4n) is 3.47. The summed E-state index contributed by atoms with van der Waals surface area (Å²) >= 11 is 0. The molecule has 0 fully saturated rings. The van der Waals surface area contributed by atoms with E-state index in [1.54, 1.807) is 7.11 Å². The van der Waals surface area contributed by atoms with Crippen LogP contribution in [-0.4, -0.2) is 50.3 Å². The Morgan fingerprint density at radius 3 is 2.62 bits per heavy atom. The van der Waals surface area contributed by atoms with E-state index in [-0.39, 0.29) is 12.0 Å². The molecule has 6 heteroatoms. The van der Waals surface area contributed by atoms with Gasteiger partial charge in [0.25, 0.3) is 0 Å². The Labute approximate surface area is 172 Å². The fraction of sp³-hybridized carbons (Fsp3) is 0.435. The minimum absolute atomic E-state index is 0.00259. The van der Waals surface area contributed by atoms with E-state index in [1.807, 2.05) is 48.5 Å². The highest BCUT2D eigenvalue weighted by atomic mass is 16.6. The fourth-order valence-corrected chi connectivity index (χ4v) is 3.47. The SMILES string of the molecule is CCCN(CC(=O)NCc1ccccc1COC)CC1COc2ccccc2O1. The molecule has 2 aromatic rings. The van der Waals surface area contributed by atoms with Crippen LogP contribution in [-0.2, 0) is 22.7 Å². The molecule has 0 spiro atoms. The minimum atomic E-state index is -0.0910. The maximum atomic E-state index is 12.6. The van der Waals surface area contributed by atoms with Gasteiger partial charge in [-0.05, 0) is 36.2 Å². The van der Waals surface area contributed by atoms with Crippen molar-refractivity contribution in [1.29, 1.82) is 0 Å². The van der Waals surface area contributed by atoms with Gasteiger partial charge in [-0.3, -0.25) is 9.69 Å². The summed E-state index contributed by atoms with van der Waals surface area (Å²) in [6.07, 6.45) is 0.875. The number of hydrogen-bond acceptors (Lipinski definition) is 5. The third-order valence-electron chi connectivity index (χ3n) is 4.83. The van der Waals surface area contributed by atoms with Gasteiger partial charge in [-0.25, -0.2) is 0 Å². The van der Waals surface area contributed by atoms with Gasteiger partial charge in [0.1, 0.15) is 12.7 Å². The van der Waals surface area contributed by atoms with Crippen molar-refractivity contribution < 1.29 is 19.0 Å². The van der Waals surface area contributed by atoms with Crippen LogP contribution in [0.25, 0.3) is 0 Å². The standard InChI is InChI=1S/C23H30N2O4/c1-3-12-25(14-20-17-28-21-10-6-7-11-22(21)29-20)15-23(26)24-13-18-8-4-5-9-19(18)16-27-2/h4-11,20H,3,12-17H2,1-2H3,(H,24,26). The van der Waals surface area contributed by atoms with Crippen molar-refractivity contribution in [3.63, 3.8) is 0 Å². The van der Waals surface area contributed by atoms with Crippen LogP contribution >= 0.6 is 0 Å². The number of para-hydroxylation sites is 2. The Bertz CT molecular complexity index is 796. The highest BCUT2D eigenvalue weighted by Crippen LogP contribution is 2.31. The molecule has 0 aromatic heterocycles. The first-order valence-corrected chi connectivity index (χ1v) is 10.1. The molecule has 0 bridgehead atoms. The van der Waals surface area contributed by atoms with Crippen molar-refractivity contribution in [1.82, 2.24) is 10.2 Å². The molecule has 2 aromatic carbocycles. The van der Waals surface area contributed by atoms with Gasteiger partial charge in [0.15, 0.2) is 11.5 Å². The smallest absolute Gasteiger partial charge is 0.234 e. The van der Waals surface area contributed by atoms with Gasteiger partial charge in [-0.1, -0.05) is 43.3 Å². The van der Waals surface area contributed by atoms with Crippen LogP contribution in [0.15, 0.2) is 48.5 Å². The third-order valence-corrected chi connectivity index (χ3v) is 4.83. The lowest BCUT2D eigenvalue weighted by Gasteiger charge is -2.31. The maximum Gasteiger partial charge on any atom is 0.234 e. The highest BCUT2D eigenvalue weighted by Gasteiger charge is 2.23. The van der Waals surface area contributed by atoms with E-state index in [2.05, 4.69) is 17.1 Å². The summed E-state index contributed by atoms with van der Waals surface area (Å²) in [7, 11) is 1.67. The molecule has 156 valence electrons. The zero-order chi connectivity index (χ0) is 20.5. The molecular formula is C23H30N2O4. The normalized spacial score (nSPS) is 15.3. The first-order chi connectivity index (χ1) is 14.2. The molecular weight excluding hydrogens is 368 g/mol. The number of nitrogens with zero attached hydrogens (tertiary/aromatic N) is 1. The van der Waals surface area contributed by atoms with Gasteiger partial charge >= 0.3 is 0 Å². The quantitative estimate of drug-likeness (QED) is 0.667. The molecule has 1 N–H and O–H groups in total. The molecule has 1 amide bonds. The maximum absolute atomic E-state index is 12.6. The number of nitrogens with one attached hydrogen (secondary N) is 1. The molecule has 6 nitrogen and oxygen atoms in total. The van der Waals surface area contributed by atoms with Gasteiger partial charge < -0.3 is 19.5 Å². The molecule has 1 unspecified atom stereocenters. The van der Waals surface area contributed by atoms with Crippen LogP contribution < -0.4 is 14.8 Å². The van der Waals surface area contributed by atoms with Crippen molar-refractivity contribution in [3.8, 4) is 11.5 Å². The van der Waals surface area contributed by atoms with E-state index in [4.69, 9.17) is 14.2 Å².